The molecule has 0 atom stereocenters. The van der Waals surface area contributed by atoms with Crippen LogP contribution in [-0.2, 0) is 6.54 Å². The van der Waals surface area contributed by atoms with Gasteiger partial charge < -0.3 is 9.67 Å². The van der Waals surface area contributed by atoms with E-state index in [1.807, 2.05) is 73.0 Å². The molecule has 0 aliphatic heterocycles. The van der Waals surface area contributed by atoms with Gasteiger partial charge in [-0.05, 0) is 32.0 Å². The molecule has 4 nitrogen and oxygen atoms in total. The Morgan fingerprint density at radius 3 is 2.43 bits per heavy atom. The molecule has 23 heavy (non-hydrogen) atoms. The molecule has 3 rings (SSSR count). The molecule has 0 saturated heterocycles. The zero-order valence-corrected chi connectivity index (χ0v) is 13.3. The van der Waals surface area contributed by atoms with Crippen LogP contribution in [0.3, 0.4) is 0 Å². The minimum Gasteiger partial charge on any atom is -0.493 e. The topological polar surface area (TPSA) is 49.9 Å². The van der Waals surface area contributed by atoms with Crippen LogP contribution in [0.5, 0.6) is 5.88 Å². The SMILES string of the molecule is CC(C)=CCn1c(O)c(N=Nc2ccccc2)c2ccccc21. The molecule has 1 aromatic heterocycles. The van der Waals surface area contributed by atoms with E-state index in [4.69, 9.17) is 0 Å². The number of aromatic hydroxyl groups is 1. The molecule has 4 heteroatoms. The van der Waals surface area contributed by atoms with E-state index in [1.165, 1.54) is 5.57 Å². The van der Waals surface area contributed by atoms with Gasteiger partial charge in [-0.2, -0.15) is 5.11 Å². The van der Waals surface area contributed by atoms with Gasteiger partial charge in [-0.3, -0.25) is 0 Å². The van der Waals surface area contributed by atoms with Crippen molar-refractivity contribution < 1.29 is 5.11 Å². The van der Waals surface area contributed by atoms with Crippen molar-refractivity contribution in [3.05, 3.63) is 66.2 Å². The van der Waals surface area contributed by atoms with Crippen molar-refractivity contribution in [1.82, 2.24) is 4.57 Å². The number of benzene rings is 2. The van der Waals surface area contributed by atoms with Crippen LogP contribution in [0, 0.1) is 0 Å². The number of allylic oxidation sites excluding steroid dienone is 2. The van der Waals surface area contributed by atoms with Crippen LogP contribution in [0.15, 0.2) is 76.5 Å². The molecule has 0 spiro atoms. The van der Waals surface area contributed by atoms with Crippen LogP contribution in [0.2, 0.25) is 0 Å². The van der Waals surface area contributed by atoms with E-state index < -0.39 is 0 Å². The fourth-order valence-electron chi connectivity index (χ4n) is 2.43. The third-order valence-electron chi connectivity index (χ3n) is 3.62. The highest BCUT2D eigenvalue weighted by atomic mass is 16.3. The zero-order valence-electron chi connectivity index (χ0n) is 13.3. The molecule has 0 saturated carbocycles. The lowest BCUT2D eigenvalue weighted by molar-refractivity contribution is 0.430. The second-order valence-corrected chi connectivity index (χ2v) is 5.62. The molecule has 1 N–H and O–H groups in total. The number of para-hydroxylation sites is 1. The highest BCUT2D eigenvalue weighted by Crippen LogP contribution is 2.39. The van der Waals surface area contributed by atoms with E-state index in [0.717, 1.165) is 16.6 Å². The summed E-state index contributed by atoms with van der Waals surface area (Å²) in [7, 11) is 0. The van der Waals surface area contributed by atoms with Gasteiger partial charge in [0.2, 0.25) is 5.88 Å². The number of aromatic nitrogens is 1. The lowest BCUT2D eigenvalue weighted by Gasteiger charge is -2.03. The fraction of sp³-hybridized carbons (Fsp3) is 0.158. The smallest absolute Gasteiger partial charge is 0.221 e. The molecule has 1 heterocycles. The number of rotatable bonds is 4. The summed E-state index contributed by atoms with van der Waals surface area (Å²) < 4.78 is 1.85. The molecule has 0 amide bonds. The first kappa shape index (κ1) is 15.0. The maximum atomic E-state index is 10.6. The van der Waals surface area contributed by atoms with E-state index in [0.29, 0.717) is 12.2 Å². The summed E-state index contributed by atoms with van der Waals surface area (Å²) in [6.45, 7) is 4.69. The van der Waals surface area contributed by atoms with Crippen molar-refractivity contribution in [2.75, 3.05) is 0 Å². The first-order chi connectivity index (χ1) is 11.2. The van der Waals surface area contributed by atoms with Crippen molar-refractivity contribution in [2.24, 2.45) is 10.2 Å². The Balaban J connectivity index is 2.08. The maximum Gasteiger partial charge on any atom is 0.221 e. The Bertz CT molecular complexity index is 872. The number of fused-ring (bicyclic) bond motifs is 1. The van der Waals surface area contributed by atoms with Crippen molar-refractivity contribution in [3.8, 4) is 5.88 Å². The minimum absolute atomic E-state index is 0.142. The number of hydrogen-bond acceptors (Lipinski definition) is 3. The molecule has 0 unspecified atom stereocenters. The van der Waals surface area contributed by atoms with E-state index in [2.05, 4.69) is 16.3 Å². The molecular formula is C19H19N3O. The molecule has 2 aromatic carbocycles. The average molecular weight is 305 g/mol. The number of nitrogens with zero attached hydrogens (tertiary/aromatic N) is 3. The first-order valence-corrected chi connectivity index (χ1v) is 7.57. The summed E-state index contributed by atoms with van der Waals surface area (Å²) in [5.41, 5.74) is 3.42. The summed E-state index contributed by atoms with van der Waals surface area (Å²) >= 11 is 0. The molecule has 3 aromatic rings. The molecule has 0 bridgehead atoms. The Hall–Kier alpha value is -2.88. The van der Waals surface area contributed by atoms with Gasteiger partial charge in [0.25, 0.3) is 0 Å². The number of azo groups is 1. The van der Waals surface area contributed by atoms with Crippen LogP contribution in [-0.4, -0.2) is 9.67 Å². The Labute approximate surface area is 135 Å². The highest BCUT2D eigenvalue weighted by molar-refractivity contribution is 5.95. The molecule has 0 aliphatic carbocycles. The summed E-state index contributed by atoms with van der Waals surface area (Å²) in [5.74, 6) is 0.142. The normalized spacial score (nSPS) is 11.2. The average Bonchev–Trinajstić information content (AvgIpc) is 2.83. The van der Waals surface area contributed by atoms with Crippen molar-refractivity contribution in [1.29, 1.82) is 0 Å². The van der Waals surface area contributed by atoms with E-state index in [-0.39, 0.29) is 5.88 Å². The van der Waals surface area contributed by atoms with E-state index in [1.54, 1.807) is 0 Å². The van der Waals surface area contributed by atoms with Crippen molar-refractivity contribution in [2.45, 2.75) is 20.4 Å². The molecule has 116 valence electrons. The summed E-state index contributed by atoms with van der Waals surface area (Å²) in [6, 6.07) is 17.3. The largest absolute Gasteiger partial charge is 0.493 e. The summed E-state index contributed by atoms with van der Waals surface area (Å²) in [6.07, 6.45) is 2.07. The highest BCUT2D eigenvalue weighted by Gasteiger charge is 2.15. The van der Waals surface area contributed by atoms with Gasteiger partial charge in [-0.15, -0.1) is 5.11 Å². The van der Waals surface area contributed by atoms with Gasteiger partial charge in [0.15, 0.2) is 5.69 Å². The Morgan fingerprint density at radius 2 is 1.70 bits per heavy atom. The standard InChI is InChI=1S/C19H19N3O/c1-14(2)12-13-22-17-11-7-6-10-16(17)18(19(22)23)21-20-15-8-4-3-5-9-15/h3-12,23H,13H2,1-2H3. The van der Waals surface area contributed by atoms with Gasteiger partial charge in [0.05, 0.1) is 11.2 Å². The predicted molar refractivity (Wildman–Crippen MR) is 93.7 cm³/mol. The third-order valence-corrected chi connectivity index (χ3v) is 3.62. The lowest BCUT2D eigenvalue weighted by Crippen LogP contribution is -1.94. The third kappa shape index (κ3) is 3.16. The van der Waals surface area contributed by atoms with E-state index in [9.17, 15) is 5.11 Å². The molecular weight excluding hydrogens is 286 g/mol. The monoisotopic (exact) mass is 305 g/mol. The van der Waals surface area contributed by atoms with Crippen LogP contribution >= 0.6 is 0 Å². The van der Waals surface area contributed by atoms with Gasteiger partial charge in [-0.25, -0.2) is 0 Å². The second kappa shape index (κ2) is 6.48. The quantitative estimate of drug-likeness (QED) is 0.485. The summed E-state index contributed by atoms with van der Waals surface area (Å²) in [5, 5.41) is 20.0. The van der Waals surface area contributed by atoms with Crippen LogP contribution in [0.25, 0.3) is 10.9 Å². The maximum absolute atomic E-state index is 10.6. The minimum atomic E-state index is 0.142. The number of hydrogen-bond donors (Lipinski definition) is 1. The zero-order chi connectivity index (χ0) is 16.2. The predicted octanol–water partition coefficient (Wildman–Crippen LogP) is 5.73. The lowest BCUT2D eigenvalue weighted by atomic mass is 10.2. The molecule has 0 fully saturated rings. The summed E-state index contributed by atoms with van der Waals surface area (Å²) in [4.78, 5) is 0. The van der Waals surface area contributed by atoms with Crippen LogP contribution in [0.1, 0.15) is 13.8 Å². The van der Waals surface area contributed by atoms with Gasteiger partial charge in [0.1, 0.15) is 0 Å². The fourth-order valence-corrected chi connectivity index (χ4v) is 2.43. The van der Waals surface area contributed by atoms with Crippen molar-refractivity contribution in [3.63, 3.8) is 0 Å². The molecule has 0 radical (unpaired) electrons. The van der Waals surface area contributed by atoms with Crippen molar-refractivity contribution >= 4 is 22.3 Å². The van der Waals surface area contributed by atoms with Gasteiger partial charge in [-0.1, -0.05) is 48.0 Å². The van der Waals surface area contributed by atoms with Crippen LogP contribution < -0.4 is 0 Å². The van der Waals surface area contributed by atoms with E-state index >= 15 is 0 Å². The molecule has 0 aliphatic rings. The second-order valence-electron chi connectivity index (χ2n) is 5.62. The first-order valence-electron chi connectivity index (χ1n) is 7.57. The van der Waals surface area contributed by atoms with Gasteiger partial charge >= 0.3 is 0 Å². The Kier molecular flexibility index (Phi) is 4.24. The van der Waals surface area contributed by atoms with Crippen LogP contribution in [0.4, 0.5) is 11.4 Å². The Morgan fingerprint density at radius 1 is 1.00 bits per heavy atom. The van der Waals surface area contributed by atoms with Gasteiger partial charge in [0, 0.05) is 11.9 Å².